The van der Waals surface area contributed by atoms with Crippen LogP contribution in [0.25, 0.3) is 0 Å². The Labute approximate surface area is 114 Å². The summed E-state index contributed by atoms with van der Waals surface area (Å²) in [4.78, 5) is 10.9. The maximum Gasteiger partial charge on any atom is 0.305 e. The summed E-state index contributed by atoms with van der Waals surface area (Å²) in [6, 6.07) is 0. The topological polar surface area (TPSA) is 38.3 Å². The third kappa shape index (κ3) is 20.8. The molecular formula is C15H33NO2. The van der Waals surface area contributed by atoms with E-state index >= 15 is 0 Å². The van der Waals surface area contributed by atoms with Crippen molar-refractivity contribution in [2.45, 2.75) is 72.1 Å². The zero-order valence-corrected chi connectivity index (χ0v) is 12.9. The molecule has 0 heterocycles. The van der Waals surface area contributed by atoms with Gasteiger partial charge in [-0.3, -0.25) is 4.79 Å². The number of ether oxygens (including phenoxy) is 1. The van der Waals surface area contributed by atoms with E-state index in [1.807, 2.05) is 14.0 Å². The van der Waals surface area contributed by atoms with Crippen LogP contribution in [0.5, 0.6) is 0 Å². The molecule has 1 N–H and O–H groups in total. The van der Waals surface area contributed by atoms with E-state index < -0.39 is 0 Å². The van der Waals surface area contributed by atoms with Gasteiger partial charge in [-0.25, -0.2) is 0 Å². The van der Waals surface area contributed by atoms with Crippen LogP contribution in [0.4, 0.5) is 0 Å². The van der Waals surface area contributed by atoms with E-state index in [1.165, 1.54) is 25.7 Å². The van der Waals surface area contributed by atoms with Crippen LogP contribution in [0.15, 0.2) is 0 Å². The molecule has 0 amide bonds. The zero-order chi connectivity index (χ0) is 14.1. The summed E-state index contributed by atoms with van der Waals surface area (Å²) in [5, 5.41) is 3.07. The van der Waals surface area contributed by atoms with Crippen molar-refractivity contribution in [3.05, 3.63) is 0 Å². The summed E-state index contributed by atoms with van der Waals surface area (Å²) in [6.07, 6.45) is 8.68. The number of esters is 1. The van der Waals surface area contributed by atoms with E-state index in [-0.39, 0.29) is 5.97 Å². The Hall–Kier alpha value is -0.570. The normalized spacial score (nSPS) is 9.56. The lowest BCUT2D eigenvalue weighted by Gasteiger charge is -2.01. The first-order chi connectivity index (χ1) is 8.72. The number of hydrogen-bond donors (Lipinski definition) is 1. The average molecular weight is 259 g/mol. The van der Waals surface area contributed by atoms with Gasteiger partial charge in [0.05, 0.1) is 6.61 Å². The highest BCUT2D eigenvalue weighted by Crippen LogP contribution is 2.03. The molecule has 0 aliphatic rings. The summed E-state index contributed by atoms with van der Waals surface area (Å²) >= 11 is 0. The second-order valence-corrected chi connectivity index (χ2v) is 4.49. The number of nitrogens with one attached hydrogen (secondary N) is 1. The van der Waals surface area contributed by atoms with Crippen molar-refractivity contribution in [1.82, 2.24) is 5.32 Å². The van der Waals surface area contributed by atoms with Gasteiger partial charge in [-0.2, -0.15) is 0 Å². The minimum Gasteiger partial charge on any atom is -0.466 e. The van der Waals surface area contributed by atoms with Crippen LogP contribution in [-0.2, 0) is 9.53 Å². The van der Waals surface area contributed by atoms with Gasteiger partial charge in [-0.15, -0.1) is 0 Å². The molecule has 0 fully saturated rings. The predicted molar refractivity (Wildman–Crippen MR) is 78.8 cm³/mol. The molecule has 0 aliphatic carbocycles. The Morgan fingerprint density at radius 1 is 0.944 bits per heavy atom. The summed E-state index contributed by atoms with van der Waals surface area (Å²) in [7, 11) is 1.98. The van der Waals surface area contributed by atoms with Crippen LogP contribution in [-0.4, -0.2) is 26.2 Å². The second-order valence-electron chi connectivity index (χ2n) is 4.49. The van der Waals surface area contributed by atoms with E-state index in [4.69, 9.17) is 4.74 Å². The fourth-order valence-corrected chi connectivity index (χ4v) is 1.34. The quantitative estimate of drug-likeness (QED) is 0.477. The third-order valence-electron chi connectivity index (χ3n) is 2.48. The Bertz CT molecular complexity index is 157. The molecule has 0 aromatic heterocycles. The van der Waals surface area contributed by atoms with Crippen LogP contribution < -0.4 is 5.32 Å². The van der Waals surface area contributed by atoms with Crippen LogP contribution >= 0.6 is 0 Å². The van der Waals surface area contributed by atoms with E-state index in [0.717, 1.165) is 25.8 Å². The first-order valence-electron chi connectivity index (χ1n) is 7.53. The number of rotatable bonds is 10. The first kappa shape index (κ1) is 19.8. The standard InChI is InChI=1S/C10H20O2.C5H13N/c1-3-5-6-7-8-10(11)12-9-4-2;1-3-4-5-6-2/h3-9H2,1-2H3;6H,3-5H2,1-2H3. The van der Waals surface area contributed by atoms with Crippen molar-refractivity contribution in [2.75, 3.05) is 20.2 Å². The van der Waals surface area contributed by atoms with E-state index in [9.17, 15) is 4.79 Å². The molecule has 0 unspecified atom stereocenters. The molecular weight excluding hydrogens is 226 g/mol. The molecule has 3 nitrogen and oxygen atoms in total. The fourth-order valence-electron chi connectivity index (χ4n) is 1.34. The highest BCUT2D eigenvalue weighted by Gasteiger charge is 2.00. The molecule has 3 heteroatoms. The Balaban J connectivity index is 0. The van der Waals surface area contributed by atoms with Gasteiger partial charge in [-0.1, -0.05) is 46.5 Å². The van der Waals surface area contributed by atoms with Gasteiger partial charge in [0.25, 0.3) is 0 Å². The van der Waals surface area contributed by atoms with Gasteiger partial charge >= 0.3 is 5.97 Å². The maximum atomic E-state index is 10.9. The fraction of sp³-hybridized carbons (Fsp3) is 0.933. The number of carbonyl (C=O) groups is 1. The van der Waals surface area contributed by atoms with E-state index in [1.54, 1.807) is 0 Å². The van der Waals surface area contributed by atoms with Gasteiger partial charge in [0.15, 0.2) is 0 Å². The molecule has 0 spiro atoms. The van der Waals surface area contributed by atoms with Crippen LogP contribution in [0.3, 0.4) is 0 Å². The molecule has 0 radical (unpaired) electrons. The minimum atomic E-state index is -0.0343. The molecule has 110 valence electrons. The van der Waals surface area contributed by atoms with Crippen LogP contribution in [0, 0.1) is 0 Å². The maximum absolute atomic E-state index is 10.9. The van der Waals surface area contributed by atoms with Gasteiger partial charge in [0, 0.05) is 6.42 Å². The minimum absolute atomic E-state index is 0.0343. The van der Waals surface area contributed by atoms with Gasteiger partial charge in [-0.05, 0) is 32.9 Å². The smallest absolute Gasteiger partial charge is 0.305 e. The summed E-state index contributed by atoms with van der Waals surface area (Å²) in [5.74, 6) is -0.0343. The number of carbonyl (C=O) groups excluding carboxylic acids is 1. The molecule has 18 heavy (non-hydrogen) atoms. The largest absolute Gasteiger partial charge is 0.466 e. The van der Waals surface area contributed by atoms with E-state index in [0.29, 0.717) is 13.0 Å². The SMILES string of the molecule is CCCCCCC(=O)OCCC.CCCCNC. The Morgan fingerprint density at radius 3 is 2.06 bits per heavy atom. The summed E-state index contributed by atoms with van der Waals surface area (Å²) < 4.78 is 4.93. The molecule has 0 aromatic rings. The number of hydrogen-bond acceptors (Lipinski definition) is 3. The predicted octanol–water partition coefficient (Wildman–Crippen LogP) is 3.92. The lowest BCUT2D eigenvalue weighted by Crippen LogP contribution is -2.06. The monoisotopic (exact) mass is 259 g/mol. The second kappa shape index (κ2) is 18.8. The summed E-state index contributed by atoms with van der Waals surface area (Å²) in [5.41, 5.74) is 0. The van der Waals surface area contributed by atoms with Crippen LogP contribution in [0.2, 0.25) is 0 Å². The lowest BCUT2D eigenvalue weighted by molar-refractivity contribution is -0.143. The third-order valence-corrected chi connectivity index (χ3v) is 2.48. The van der Waals surface area contributed by atoms with Crippen molar-refractivity contribution in [3.8, 4) is 0 Å². The van der Waals surface area contributed by atoms with Crippen molar-refractivity contribution < 1.29 is 9.53 Å². The van der Waals surface area contributed by atoms with Crippen molar-refractivity contribution >= 4 is 5.97 Å². The molecule has 0 aromatic carbocycles. The van der Waals surface area contributed by atoms with Crippen molar-refractivity contribution in [1.29, 1.82) is 0 Å². The molecule has 0 bridgehead atoms. The first-order valence-corrected chi connectivity index (χ1v) is 7.53. The average Bonchev–Trinajstić information content (AvgIpc) is 2.39. The van der Waals surface area contributed by atoms with Gasteiger partial charge < -0.3 is 10.1 Å². The molecule has 0 saturated heterocycles. The van der Waals surface area contributed by atoms with Gasteiger partial charge in [0.1, 0.15) is 0 Å². The molecule has 0 rings (SSSR count). The highest BCUT2D eigenvalue weighted by molar-refractivity contribution is 5.69. The summed E-state index contributed by atoms with van der Waals surface area (Å²) in [6.45, 7) is 8.10. The number of unbranched alkanes of at least 4 members (excludes halogenated alkanes) is 4. The Kier molecular flexibility index (Phi) is 20.6. The highest BCUT2D eigenvalue weighted by atomic mass is 16.5. The van der Waals surface area contributed by atoms with E-state index in [2.05, 4.69) is 19.2 Å². The molecule has 0 atom stereocenters. The van der Waals surface area contributed by atoms with Crippen molar-refractivity contribution in [3.63, 3.8) is 0 Å². The Morgan fingerprint density at radius 2 is 1.61 bits per heavy atom. The van der Waals surface area contributed by atoms with Crippen LogP contribution in [0.1, 0.15) is 72.1 Å². The van der Waals surface area contributed by atoms with Gasteiger partial charge in [0.2, 0.25) is 0 Å². The molecule has 0 aliphatic heterocycles. The van der Waals surface area contributed by atoms with Crippen molar-refractivity contribution in [2.24, 2.45) is 0 Å². The zero-order valence-electron chi connectivity index (χ0n) is 12.9. The lowest BCUT2D eigenvalue weighted by atomic mass is 10.2. The molecule has 0 saturated carbocycles.